The van der Waals surface area contributed by atoms with Crippen molar-refractivity contribution in [2.75, 3.05) is 24.5 Å². The molecule has 1 N–H and O–H groups in total. The van der Waals surface area contributed by atoms with Crippen molar-refractivity contribution in [1.29, 1.82) is 0 Å². The van der Waals surface area contributed by atoms with Gasteiger partial charge in [-0.25, -0.2) is 4.39 Å². The first-order valence-electron chi connectivity index (χ1n) is 7.81. The lowest BCUT2D eigenvalue weighted by molar-refractivity contribution is 0.440. The number of hydrogen-bond donors (Lipinski definition) is 1. The maximum absolute atomic E-state index is 14.3. The predicted octanol–water partition coefficient (Wildman–Crippen LogP) is 3.81. The molecule has 1 saturated heterocycles. The van der Waals surface area contributed by atoms with Gasteiger partial charge >= 0.3 is 0 Å². The van der Waals surface area contributed by atoms with E-state index in [1.165, 1.54) is 6.42 Å². The topological polar surface area (TPSA) is 15.3 Å². The summed E-state index contributed by atoms with van der Waals surface area (Å²) in [4.78, 5) is 2.23. The molecule has 1 atom stereocenters. The second-order valence-corrected chi connectivity index (χ2v) is 6.47. The van der Waals surface area contributed by atoms with E-state index in [4.69, 9.17) is 0 Å². The Morgan fingerprint density at radius 3 is 2.90 bits per heavy atom. The Kier molecular flexibility index (Phi) is 5.41. The molecule has 1 unspecified atom stereocenters. The SMILES string of the molecule is CC(C)CNCc1cccc(F)c1N1CCCC(C)C1. The molecule has 3 heteroatoms. The summed E-state index contributed by atoms with van der Waals surface area (Å²) < 4.78 is 14.3. The van der Waals surface area contributed by atoms with Crippen LogP contribution in [0.5, 0.6) is 0 Å². The first-order chi connectivity index (χ1) is 9.58. The molecule has 0 radical (unpaired) electrons. The van der Waals surface area contributed by atoms with Gasteiger partial charge in [0.05, 0.1) is 5.69 Å². The van der Waals surface area contributed by atoms with Crippen LogP contribution in [-0.4, -0.2) is 19.6 Å². The normalized spacial score (nSPS) is 19.6. The molecule has 1 aliphatic rings. The van der Waals surface area contributed by atoms with Crippen LogP contribution in [0.2, 0.25) is 0 Å². The van der Waals surface area contributed by atoms with Gasteiger partial charge in [0.2, 0.25) is 0 Å². The van der Waals surface area contributed by atoms with Gasteiger partial charge in [-0.1, -0.05) is 32.9 Å². The van der Waals surface area contributed by atoms with E-state index in [0.29, 0.717) is 11.8 Å². The highest BCUT2D eigenvalue weighted by atomic mass is 19.1. The van der Waals surface area contributed by atoms with Gasteiger partial charge in [0, 0.05) is 19.6 Å². The van der Waals surface area contributed by atoms with Crippen LogP contribution in [0.1, 0.15) is 39.2 Å². The third-order valence-corrected chi connectivity index (χ3v) is 3.91. The summed E-state index contributed by atoms with van der Waals surface area (Å²) >= 11 is 0. The van der Waals surface area contributed by atoms with Crippen molar-refractivity contribution in [3.05, 3.63) is 29.6 Å². The summed E-state index contributed by atoms with van der Waals surface area (Å²) in [7, 11) is 0. The first-order valence-corrected chi connectivity index (χ1v) is 7.81. The Morgan fingerprint density at radius 1 is 1.40 bits per heavy atom. The minimum absolute atomic E-state index is 0.0806. The molecule has 1 aromatic carbocycles. The maximum Gasteiger partial charge on any atom is 0.146 e. The molecule has 1 fully saturated rings. The molecule has 0 amide bonds. The van der Waals surface area contributed by atoms with E-state index >= 15 is 0 Å². The van der Waals surface area contributed by atoms with Gasteiger partial charge < -0.3 is 10.2 Å². The van der Waals surface area contributed by atoms with E-state index in [0.717, 1.165) is 43.9 Å². The number of para-hydroxylation sites is 1. The van der Waals surface area contributed by atoms with Crippen LogP contribution >= 0.6 is 0 Å². The number of piperidine rings is 1. The second-order valence-electron chi connectivity index (χ2n) is 6.47. The predicted molar refractivity (Wildman–Crippen MR) is 83.6 cm³/mol. The van der Waals surface area contributed by atoms with Gasteiger partial charge in [-0.15, -0.1) is 0 Å². The van der Waals surface area contributed by atoms with Crippen LogP contribution in [0, 0.1) is 17.7 Å². The average Bonchev–Trinajstić information content (AvgIpc) is 2.38. The zero-order valence-electron chi connectivity index (χ0n) is 13.0. The van der Waals surface area contributed by atoms with Crippen LogP contribution in [0.4, 0.5) is 10.1 Å². The lowest BCUT2D eigenvalue weighted by Gasteiger charge is -2.34. The minimum Gasteiger partial charge on any atom is -0.369 e. The number of rotatable bonds is 5. The highest BCUT2D eigenvalue weighted by Gasteiger charge is 2.21. The maximum atomic E-state index is 14.3. The fourth-order valence-electron chi connectivity index (χ4n) is 2.94. The van der Waals surface area contributed by atoms with E-state index in [1.807, 2.05) is 12.1 Å². The number of nitrogens with one attached hydrogen (secondary N) is 1. The van der Waals surface area contributed by atoms with Gasteiger partial charge in [0.15, 0.2) is 0 Å². The smallest absolute Gasteiger partial charge is 0.146 e. The molecule has 0 aliphatic carbocycles. The first kappa shape index (κ1) is 15.3. The summed E-state index contributed by atoms with van der Waals surface area (Å²) in [6.45, 7) is 10.3. The quantitative estimate of drug-likeness (QED) is 0.881. The van der Waals surface area contributed by atoms with Crippen molar-refractivity contribution in [3.63, 3.8) is 0 Å². The summed E-state index contributed by atoms with van der Waals surface area (Å²) in [6.07, 6.45) is 2.42. The largest absolute Gasteiger partial charge is 0.369 e. The molecular formula is C17H27FN2. The van der Waals surface area contributed by atoms with Crippen LogP contribution in [0.3, 0.4) is 0 Å². The van der Waals surface area contributed by atoms with Crippen molar-refractivity contribution in [2.24, 2.45) is 11.8 Å². The van der Waals surface area contributed by atoms with E-state index in [-0.39, 0.29) is 5.82 Å². The van der Waals surface area contributed by atoms with Crippen LogP contribution in [-0.2, 0) is 6.54 Å². The van der Waals surface area contributed by atoms with E-state index < -0.39 is 0 Å². The van der Waals surface area contributed by atoms with E-state index in [2.05, 4.69) is 31.0 Å². The number of nitrogens with zero attached hydrogens (tertiary/aromatic N) is 1. The molecule has 0 saturated carbocycles. The monoisotopic (exact) mass is 278 g/mol. The standard InChI is InChI=1S/C17H27FN2/c1-13(2)10-19-11-15-7-4-8-16(18)17(15)20-9-5-6-14(3)12-20/h4,7-8,13-14,19H,5-6,9-12H2,1-3H3. The Hall–Kier alpha value is -1.09. The molecule has 0 aromatic heterocycles. The summed E-state index contributed by atoms with van der Waals surface area (Å²) in [5.74, 6) is 1.18. The third-order valence-electron chi connectivity index (χ3n) is 3.91. The second kappa shape index (κ2) is 7.07. The number of benzene rings is 1. The summed E-state index contributed by atoms with van der Waals surface area (Å²) in [5.41, 5.74) is 1.90. The molecule has 0 bridgehead atoms. The molecule has 2 rings (SSSR count). The van der Waals surface area contributed by atoms with Crippen molar-refractivity contribution in [1.82, 2.24) is 5.32 Å². The molecule has 20 heavy (non-hydrogen) atoms. The van der Waals surface area contributed by atoms with Crippen molar-refractivity contribution in [2.45, 2.75) is 40.2 Å². The van der Waals surface area contributed by atoms with Crippen LogP contribution in [0.15, 0.2) is 18.2 Å². The molecule has 1 aromatic rings. The van der Waals surface area contributed by atoms with Gasteiger partial charge in [0.25, 0.3) is 0 Å². The van der Waals surface area contributed by atoms with Gasteiger partial charge in [-0.2, -0.15) is 0 Å². The molecule has 0 spiro atoms. The van der Waals surface area contributed by atoms with Crippen LogP contribution in [0.25, 0.3) is 0 Å². The Bertz CT molecular complexity index is 431. The molecule has 112 valence electrons. The van der Waals surface area contributed by atoms with E-state index in [1.54, 1.807) is 6.07 Å². The number of halogens is 1. The molecule has 2 nitrogen and oxygen atoms in total. The third kappa shape index (κ3) is 3.95. The molecule has 1 aliphatic heterocycles. The van der Waals surface area contributed by atoms with Gasteiger partial charge in [-0.3, -0.25) is 0 Å². The lowest BCUT2D eigenvalue weighted by atomic mass is 9.98. The fraction of sp³-hybridized carbons (Fsp3) is 0.647. The zero-order chi connectivity index (χ0) is 14.5. The Balaban J connectivity index is 2.13. The molecule has 1 heterocycles. The molecular weight excluding hydrogens is 251 g/mol. The van der Waals surface area contributed by atoms with Crippen molar-refractivity contribution in [3.8, 4) is 0 Å². The number of hydrogen-bond acceptors (Lipinski definition) is 2. The van der Waals surface area contributed by atoms with Crippen LogP contribution < -0.4 is 10.2 Å². The highest BCUT2D eigenvalue weighted by molar-refractivity contribution is 5.55. The zero-order valence-corrected chi connectivity index (χ0v) is 13.0. The lowest BCUT2D eigenvalue weighted by Crippen LogP contribution is -2.36. The van der Waals surface area contributed by atoms with Crippen molar-refractivity contribution < 1.29 is 4.39 Å². The van der Waals surface area contributed by atoms with Crippen molar-refractivity contribution >= 4 is 5.69 Å². The summed E-state index contributed by atoms with van der Waals surface area (Å²) in [5, 5.41) is 3.43. The summed E-state index contributed by atoms with van der Waals surface area (Å²) in [6, 6.07) is 5.45. The fourth-order valence-corrected chi connectivity index (χ4v) is 2.94. The van der Waals surface area contributed by atoms with Gasteiger partial charge in [-0.05, 0) is 42.9 Å². The average molecular weight is 278 g/mol. The Labute approximate surface area is 122 Å². The highest BCUT2D eigenvalue weighted by Crippen LogP contribution is 2.29. The van der Waals surface area contributed by atoms with Gasteiger partial charge in [0.1, 0.15) is 5.82 Å². The minimum atomic E-state index is -0.0806. The van der Waals surface area contributed by atoms with E-state index in [9.17, 15) is 4.39 Å². The number of anilines is 1. The Morgan fingerprint density at radius 2 is 2.20 bits per heavy atom.